The summed E-state index contributed by atoms with van der Waals surface area (Å²) in [5, 5.41) is 1.31. The Balaban J connectivity index is 2.28. The lowest BCUT2D eigenvalue weighted by atomic mass is 9.90. The van der Waals surface area contributed by atoms with Crippen molar-refractivity contribution < 1.29 is 0 Å². The van der Waals surface area contributed by atoms with Crippen LogP contribution in [0.2, 0.25) is 0 Å². The molecule has 0 fully saturated rings. The molecule has 0 saturated heterocycles. The van der Waals surface area contributed by atoms with Crippen LogP contribution in [0.4, 0.5) is 0 Å². The number of benzene rings is 1. The van der Waals surface area contributed by atoms with Crippen molar-refractivity contribution in [3.63, 3.8) is 0 Å². The van der Waals surface area contributed by atoms with E-state index in [1.165, 1.54) is 10.3 Å². The van der Waals surface area contributed by atoms with Crippen molar-refractivity contribution in [1.29, 1.82) is 0 Å². The minimum absolute atomic E-state index is 0.283. The number of alkyl halides is 1. The maximum atomic E-state index is 4.47. The van der Waals surface area contributed by atoms with E-state index < -0.39 is 0 Å². The Morgan fingerprint density at radius 3 is 2.69 bits per heavy atom. The first-order chi connectivity index (χ1) is 7.48. The second-order valence-corrected chi connectivity index (χ2v) is 7.12. The van der Waals surface area contributed by atoms with Gasteiger partial charge in [0.05, 0.1) is 5.52 Å². The van der Waals surface area contributed by atoms with E-state index in [1.54, 1.807) is 11.5 Å². The van der Waals surface area contributed by atoms with Gasteiger partial charge in [-0.2, -0.15) is 4.37 Å². The highest BCUT2D eigenvalue weighted by Crippen LogP contribution is 2.32. The molecular weight excluding hydrogens is 282 g/mol. The van der Waals surface area contributed by atoms with Crippen LogP contribution in [-0.4, -0.2) is 9.20 Å². The van der Waals surface area contributed by atoms with Crippen LogP contribution >= 0.6 is 27.5 Å². The molecule has 1 aromatic heterocycles. The zero-order chi connectivity index (χ0) is 11.8. The Labute approximate surface area is 109 Å². The summed E-state index contributed by atoms with van der Waals surface area (Å²) in [5.74, 6) is 0. The molecule has 0 aliphatic heterocycles. The summed E-state index contributed by atoms with van der Waals surface area (Å²) in [6.45, 7) is 6.78. The molecule has 86 valence electrons. The van der Waals surface area contributed by atoms with E-state index in [1.807, 2.05) is 6.07 Å². The number of rotatable bonds is 2. The molecule has 0 amide bonds. The van der Waals surface area contributed by atoms with Gasteiger partial charge in [-0.1, -0.05) is 54.9 Å². The predicted molar refractivity (Wildman–Crippen MR) is 75.5 cm³/mol. The summed E-state index contributed by atoms with van der Waals surface area (Å²) >= 11 is 5.41. The molecule has 2 aromatic rings. The van der Waals surface area contributed by atoms with Crippen molar-refractivity contribution in [2.24, 2.45) is 5.41 Å². The number of fused-ring (bicyclic) bond motifs is 1. The van der Waals surface area contributed by atoms with Crippen LogP contribution in [0.25, 0.3) is 10.9 Å². The fourth-order valence-corrected chi connectivity index (χ4v) is 2.98. The summed E-state index contributed by atoms with van der Waals surface area (Å²) in [7, 11) is 0. The third-order valence-electron chi connectivity index (χ3n) is 2.76. The molecule has 1 atom stereocenters. The molecule has 1 heterocycles. The molecule has 16 heavy (non-hydrogen) atoms. The van der Waals surface area contributed by atoms with Gasteiger partial charge in [0, 0.05) is 15.1 Å². The Morgan fingerprint density at radius 2 is 2.00 bits per heavy atom. The third kappa shape index (κ3) is 2.46. The molecule has 1 aromatic carbocycles. The van der Waals surface area contributed by atoms with E-state index in [0.29, 0.717) is 4.83 Å². The van der Waals surface area contributed by atoms with E-state index in [9.17, 15) is 0 Å². The monoisotopic (exact) mass is 297 g/mol. The van der Waals surface area contributed by atoms with Gasteiger partial charge >= 0.3 is 0 Å². The molecule has 0 N–H and O–H groups in total. The molecule has 1 unspecified atom stereocenters. The van der Waals surface area contributed by atoms with Gasteiger partial charge in [0.1, 0.15) is 0 Å². The molecule has 0 aliphatic carbocycles. The van der Waals surface area contributed by atoms with Crippen molar-refractivity contribution in [1.82, 2.24) is 4.37 Å². The highest BCUT2D eigenvalue weighted by Gasteiger charge is 2.23. The van der Waals surface area contributed by atoms with E-state index in [2.05, 4.69) is 59.3 Å². The van der Waals surface area contributed by atoms with Gasteiger partial charge in [0.15, 0.2) is 0 Å². The number of aromatic nitrogens is 1. The number of hydrogen-bond donors (Lipinski definition) is 0. The van der Waals surface area contributed by atoms with Gasteiger partial charge in [-0.3, -0.25) is 0 Å². The third-order valence-corrected chi connectivity index (χ3v) is 5.36. The smallest absolute Gasteiger partial charge is 0.0843 e. The molecule has 0 aliphatic rings. The first-order valence-electron chi connectivity index (χ1n) is 5.46. The summed E-state index contributed by atoms with van der Waals surface area (Å²) in [4.78, 5) is 1.87. The van der Waals surface area contributed by atoms with Crippen LogP contribution < -0.4 is 0 Å². The van der Waals surface area contributed by atoms with Crippen molar-refractivity contribution in [3.05, 3.63) is 29.1 Å². The molecule has 1 nitrogen and oxygen atoms in total. The molecule has 2 rings (SSSR count). The van der Waals surface area contributed by atoms with Crippen LogP contribution in [0.5, 0.6) is 0 Å². The van der Waals surface area contributed by atoms with Gasteiger partial charge in [0.2, 0.25) is 0 Å². The second-order valence-electron chi connectivity index (χ2n) is 5.16. The van der Waals surface area contributed by atoms with Crippen LogP contribution in [0.3, 0.4) is 0 Å². The van der Waals surface area contributed by atoms with Gasteiger partial charge in [-0.25, -0.2) is 0 Å². The predicted octanol–water partition coefficient (Wildman–Crippen LogP) is 4.65. The Morgan fingerprint density at radius 1 is 1.31 bits per heavy atom. The first kappa shape index (κ1) is 12.1. The maximum absolute atomic E-state index is 4.47. The summed E-state index contributed by atoms with van der Waals surface area (Å²) in [5.41, 5.74) is 1.40. The van der Waals surface area contributed by atoms with Crippen molar-refractivity contribution in [3.8, 4) is 0 Å². The lowest BCUT2D eigenvalue weighted by Crippen LogP contribution is -2.22. The van der Waals surface area contributed by atoms with Gasteiger partial charge in [-0.15, -0.1) is 0 Å². The van der Waals surface area contributed by atoms with Crippen LogP contribution in [0.1, 0.15) is 25.6 Å². The number of hydrogen-bond acceptors (Lipinski definition) is 2. The lowest BCUT2D eigenvalue weighted by molar-refractivity contribution is 0.399. The summed E-state index contributed by atoms with van der Waals surface area (Å²) in [6, 6.07) is 8.37. The fraction of sp³-hybridized carbons (Fsp3) is 0.462. The standard InChI is InChI=1S/C13H16BrNS/c1-13(2,3)12(14)8-11-9-6-4-5-7-10(9)15-16-11/h4-7,12H,8H2,1-3H3. The van der Waals surface area contributed by atoms with Gasteiger partial charge in [-0.05, 0) is 29.4 Å². The first-order valence-corrected chi connectivity index (χ1v) is 7.15. The number of halogens is 1. The average molecular weight is 298 g/mol. The Bertz CT molecular complexity index is 484. The van der Waals surface area contributed by atoms with Crippen LogP contribution in [0, 0.1) is 5.41 Å². The van der Waals surface area contributed by atoms with E-state index in [0.717, 1.165) is 11.9 Å². The van der Waals surface area contributed by atoms with E-state index >= 15 is 0 Å². The molecule has 0 bridgehead atoms. The zero-order valence-electron chi connectivity index (χ0n) is 9.83. The quantitative estimate of drug-likeness (QED) is 0.735. The highest BCUT2D eigenvalue weighted by atomic mass is 79.9. The molecular formula is C13H16BrNS. The maximum Gasteiger partial charge on any atom is 0.0843 e. The highest BCUT2D eigenvalue weighted by molar-refractivity contribution is 9.09. The zero-order valence-corrected chi connectivity index (χ0v) is 12.2. The second kappa shape index (κ2) is 4.46. The minimum Gasteiger partial charge on any atom is -0.192 e. The van der Waals surface area contributed by atoms with Crippen LogP contribution in [-0.2, 0) is 6.42 Å². The molecule has 0 spiro atoms. The SMILES string of the molecule is CC(C)(C)C(Br)Cc1snc2ccccc12. The van der Waals surface area contributed by atoms with Crippen molar-refractivity contribution >= 4 is 38.4 Å². The summed E-state index contributed by atoms with van der Waals surface area (Å²) < 4.78 is 4.47. The normalized spacial score (nSPS) is 14.2. The average Bonchev–Trinajstić information content (AvgIpc) is 2.61. The molecule has 0 saturated carbocycles. The minimum atomic E-state index is 0.283. The van der Waals surface area contributed by atoms with Crippen molar-refractivity contribution in [2.75, 3.05) is 0 Å². The van der Waals surface area contributed by atoms with E-state index in [-0.39, 0.29) is 5.41 Å². The van der Waals surface area contributed by atoms with E-state index in [4.69, 9.17) is 0 Å². The van der Waals surface area contributed by atoms with Crippen molar-refractivity contribution in [2.45, 2.75) is 32.0 Å². The number of nitrogens with zero attached hydrogens (tertiary/aromatic N) is 1. The Hall–Kier alpha value is -0.410. The summed E-state index contributed by atoms with van der Waals surface area (Å²) in [6.07, 6.45) is 1.05. The molecule has 3 heteroatoms. The van der Waals surface area contributed by atoms with Crippen LogP contribution in [0.15, 0.2) is 24.3 Å². The topological polar surface area (TPSA) is 12.9 Å². The largest absolute Gasteiger partial charge is 0.192 e. The molecule has 0 radical (unpaired) electrons. The van der Waals surface area contributed by atoms with Gasteiger partial charge in [0.25, 0.3) is 0 Å². The lowest BCUT2D eigenvalue weighted by Gasteiger charge is -2.24. The fourth-order valence-electron chi connectivity index (χ4n) is 1.56. The Kier molecular flexibility index (Phi) is 3.36. The van der Waals surface area contributed by atoms with Gasteiger partial charge < -0.3 is 0 Å².